The van der Waals surface area contributed by atoms with Gasteiger partial charge >= 0.3 is 0 Å². The highest BCUT2D eigenvalue weighted by atomic mass is 16.5. The van der Waals surface area contributed by atoms with Crippen molar-refractivity contribution in [1.29, 1.82) is 0 Å². The SMILES string of the molecule is CC1CN(CC(=O)NCC(=O)N2CCCC2)C(C)CO1. The molecule has 2 heterocycles. The topological polar surface area (TPSA) is 61.9 Å². The molecule has 0 spiro atoms. The molecule has 0 radical (unpaired) electrons. The molecule has 1 N–H and O–H groups in total. The third-order valence-corrected chi connectivity index (χ3v) is 3.98. The van der Waals surface area contributed by atoms with E-state index in [1.54, 1.807) is 0 Å². The first-order chi connectivity index (χ1) is 9.56. The van der Waals surface area contributed by atoms with Gasteiger partial charge in [0.05, 0.1) is 25.8 Å². The molecule has 2 fully saturated rings. The van der Waals surface area contributed by atoms with Crippen molar-refractivity contribution in [1.82, 2.24) is 15.1 Å². The molecule has 20 heavy (non-hydrogen) atoms. The van der Waals surface area contributed by atoms with E-state index >= 15 is 0 Å². The second kappa shape index (κ2) is 7.04. The Balaban J connectivity index is 1.70. The number of amides is 2. The molecule has 0 aromatic rings. The Labute approximate surface area is 120 Å². The number of morpholine rings is 1. The molecular weight excluding hydrogens is 258 g/mol. The first kappa shape index (κ1) is 15.3. The van der Waals surface area contributed by atoms with Crippen molar-refractivity contribution in [3.63, 3.8) is 0 Å². The number of carbonyl (C=O) groups is 2. The van der Waals surface area contributed by atoms with Crippen LogP contribution in [0.15, 0.2) is 0 Å². The Kier molecular flexibility index (Phi) is 5.37. The van der Waals surface area contributed by atoms with Crippen molar-refractivity contribution in [3.8, 4) is 0 Å². The molecule has 2 aliphatic heterocycles. The summed E-state index contributed by atoms with van der Waals surface area (Å²) in [6, 6.07) is 0.242. The predicted molar refractivity (Wildman–Crippen MR) is 75.3 cm³/mol. The van der Waals surface area contributed by atoms with Crippen LogP contribution in [0.5, 0.6) is 0 Å². The number of carbonyl (C=O) groups excluding carboxylic acids is 2. The van der Waals surface area contributed by atoms with Gasteiger partial charge in [0.2, 0.25) is 11.8 Å². The molecule has 2 atom stereocenters. The number of nitrogens with one attached hydrogen (secondary N) is 1. The second-order valence-electron chi connectivity index (χ2n) is 5.79. The molecule has 6 nitrogen and oxygen atoms in total. The van der Waals surface area contributed by atoms with Gasteiger partial charge in [0.15, 0.2) is 0 Å². The Bertz CT molecular complexity index is 356. The average molecular weight is 283 g/mol. The monoisotopic (exact) mass is 283 g/mol. The minimum Gasteiger partial charge on any atom is -0.376 e. The Morgan fingerprint density at radius 3 is 2.65 bits per heavy atom. The smallest absolute Gasteiger partial charge is 0.241 e. The Morgan fingerprint density at radius 1 is 1.25 bits per heavy atom. The maximum atomic E-state index is 11.9. The standard InChI is InChI=1S/C14H25N3O3/c1-11-10-20-12(2)8-17(11)9-13(18)15-7-14(19)16-5-3-4-6-16/h11-12H,3-10H2,1-2H3,(H,15,18). The molecule has 0 saturated carbocycles. The second-order valence-corrected chi connectivity index (χ2v) is 5.79. The highest BCUT2D eigenvalue weighted by Gasteiger charge is 2.25. The lowest BCUT2D eigenvalue weighted by Gasteiger charge is -2.36. The van der Waals surface area contributed by atoms with Crippen LogP contribution in [0.4, 0.5) is 0 Å². The van der Waals surface area contributed by atoms with Crippen LogP contribution in [-0.2, 0) is 14.3 Å². The molecule has 2 rings (SSSR count). The van der Waals surface area contributed by atoms with Crippen molar-refractivity contribution in [3.05, 3.63) is 0 Å². The summed E-state index contributed by atoms with van der Waals surface area (Å²) in [5, 5.41) is 2.73. The maximum absolute atomic E-state index is 11.9. The lowest BCUT2D eigenvalue weighted by molar-refractivity contribution is -0.133. The molecule has 0 aliphatic carbocycles. The van der Waals surface area contributed by atoms with E-state index in [2.05, 4.69) is 17.1 Å². The summed E-state index contributed by atoms with van der Waals surface area (Å²) in [7, 11) is 0. The van der Waals surface area contributed by atoms with Gasteiger partial charge in [-0.2, -0.15) is 0 Å². The maximum Gasteiger partial charge on any atom is 0.241 e. The van der Waals surface area contributed by atoms with E-state index in [4.69, 9.17) is 4.74 Å². The van der Waals surface area contributed by atoms with Crippen LogP contribution < -0.4 is 5.32 Å². The summed E-state index contributed by atoms with van der Waals surface area (Å²) >= 11 is 0. The first-order valence-electron chi connectivity index (χ1n) is 7.46. The summed E-state index contributed by atoms with van der Waals surface area (Å²) in [5.41, 5.74) is 0. The van der Waals surface area contributed by atoms with Gasteiger partial charge in [-0.25, -0.2) is 0 Å². The van der Waals surface area contributed by atoms with Crippen LogP contribution in [0, 0.1) is 0 Å². The molecule has 0 bridgehead atoms. The van der Waals surface area contributed by atoms with Gasteiger partial charge in [-0.1, -0.05) is 0 Å². The molecule has 114 valence electrons. The van der Waals surface area contributed by atoms with Gasteiger partial charge in [-0.15, -0.1) is 0 Å². The van der Waals surface area contributed by atoms with Gasteiger partial charge in [0.1, 0.15) is 0 Å². The van der Waals surface area contributed by atoms with Crippen molar-refractivity contribution in [2.24, 2.45) is 0 Å². The summed E-state index contributed by atoms with van der Waals surface area (Å²) in [6.07, 6.45) is 2.30. The van der Waals surface area contributed by atoms with E-state index in [0.717, 1.165) is 32.5 Å². The highest BCUT2D eigenvalue weighted by molar-refractivity contribution is 5.85. The highest BCUT2D eigenvalue weighted by Crippen LogP contribution is 2.10. The minimum atomic E-state index is -0.0847. The molecule has 0 aromatic heterocycles. The van der Waals surface area contributed by atoms with Gasteiger partial charge in [-0.3, -0.25) is 14.5 Å². The van der Waals surface area contributed by atoms with Crippen LogP contribution in [0.3, 0.4) is 0 Å². The number of nitrogens with zero attached hydrogens (tertiary/aromatic N) is 2. The summed E-state index contributed by atoms with van der Waals surface area (Å²) in [4.78, 5) is 27.7. The number of hydrogen-bond donors (Lipinski definition) is 1. The van der Waals surface area contributed by atoms with Gasteiger partial charge in [0, 0.05) is 25.7 Å². The van der Waals surface area contributed by atoms with Crippen molar-refractivity contribution >= 4 is 11.8 Å². The van der Waals surface area contributed by atoms with E-state index in [-0.39, 0.29) is 30.5 Å². The summed E-state index contributed by atoms with van der Waals surface area (Å²) < 4.78 is 5.53. The van der Waals surface area contributed by atoms with E-state index < -0.39 is 0 Å². The molecule has 2 aliphatic rings. The fourth-order valence-corrected chi connectivity index (χ4v) is 2.69. The first-order valence-corrected chi connectivity index (χ1v) is 7.46. The number of likely N-dealkylation sites (tertiary alicyclic amines) is 1. The lowest BCUT2D eigenvalue weighted by Crippen LogP contribution is -2.51. The molecular formula is C14H25N3O3. The van der Waals surface area contributed by atoms with Crippen LogP contribution in [-0.4, -0.2) is 73.1 Å². The minimum absolute atomic E-state index is 0.0271. The fourth-order valence-electron chi connectivity index (χ4n) is 2.69. The zero-order valence-electron chi connectivity index (χ0n) is 12.4. The Morgan fingerprint density at radius 2 is 1.95 bits per heavy atom. The number of ether oxygens (including phenoxy) is 1. The third-order valence-electron chi connectivity index (χ3n) is 3.98. The average Bonchev–Trinajstić information content (AvgIpc) is 2.94. The van der Waals surface area contributed by atoms with Crippen molar-refractivity contribution in [2.45, 2.75) is 38.8 Å². The van der Waals surface area contributed by atoms with Crippen molar-refractivity contribution in [2.75, 3.05) is 39.3 Å². The summed E-state index contributed by atoms with van der Waals surface area (Å²) in [5.74, 6) is -0.0576. The Hall–Kier alpha value is -1.14. The quantitative estimate of drug-likeness (QED) is 0.778. The van der Waals surface area contributed by atoms with E-state index in [9.17, 15) is 9.59 Å². The molecule has 2 amide bonds. The molecule has 0 aromatic carbocycles. The number of rotatable bonds is 4. The molecule has 2 unspecified atom stereocenters. The van der Waals surface area contributed by atoms with Crippen LogP contribution in [0.1, 0.15) is 26.7 Å². The normalized spacial score (nSPS) is 27.6. The predicted octanol–water partition coefficient (Wildman–Crippen LogP) is -0.166. The van der Waals surface area contributed by atoms with E-state index in [0.29, 0.717) is 13.2 Å². The summed E-state index contributed by atoms with van der Waals surface area (Å²) in [6.45, 7) is 7.58. The molecule has 2 saturated heterocycles. The van der Waals surface area contributed by atoms with Crippen LogP contribution in [0.25, 0.3) is 0 Å². The van der Waals surface area contributed by atoms with Gasteiger partial charge < -0.3 is 15.0 Å². The largest absolute Gasteiger partial charge is 0.376 e. The van der Waals surface area contributed by atoms with E-state index in [1.807, 2.05) is 11.8 Å². The third kappa shape index (κ3) is 4.18. The molecule has 6 heteroatoms. The lowest BCUT2D eigenvalue weighted by atomic mass is 10.2. The van der Waals surface area contributed by atoms with Gasteiger partial charge in [0.25, 0.3) is 0 Å². The van der Waals surface area contributed by atoms with Gasteiger partial charge in [-0.05, 0) is 26.7 Å². The van der Waals surface area contributed by atoms with E-state index in [1.165, 1.54) is 0 Å². The van der Waals surface area contributed by atoms with Crippen LogP contribution in [0.2, 0.25) is 0 Å². The van der Waals surface area contributed by atoms with Crippen molar-refractivity contribution < 1.29 is 14.3 Å². The fraction of sp³-hybridized carbons (Fsp3) is 0.857. The zero-order chi connectivity index (χ0) is 14.5. The zero-order valence-corrected chi connectivity index (χ0v) is 12.4. The van der Waals surface area contributed by atoms with Crippen LogP contribution >= 0.6 is 0 Å². The number of hydrogen-bond acceptors (Lipinski definition) is 4.